The summed E-state index contributed by atoms with van der Waals surface area (Å²) in [7, 11) is 0. The molecule has 0 bridgehead atoms. The van der Waals surface area contributed by atoms with Crippen molar-refractivity contribution in [2.24, 2.45) is 0 Å². The highest BCUT2D eigenvalue weighted by Gasteiger charge is 2.05. The first-order valence-corrected chi connectivity index (χ1v) is 3.70. The zero-order valence-corrected chi connectivity index (χ0v) is 6.37. The molecular formula is C10H7FN-. The second kappa shape index (κ2) is 2.81. The fraction of sp³-hybridized carbons (Fsp3) is 0. The highest BCUT2D eigenvalue weighted by Crippen LogP contribution is 2.28. The SMILES string of the molecule is FC1=CC=C/C1=C1\C=CC=C[N-]1. The van der Waals surface area contributed by atoms with Crippen molar-refractivity contribution in [1.29, 1.82) is 0 Å². The second-order valence-electron chi connectivity index (χ2n) is 2.50. The molecule has 0 radical (unpaired) electrons. The molecule has 0 unspecified atom stereocenters. The zero-order chi connectivity index (χ0) is 8.39. The van der Waals surface area contributed by atoms with Crippen LogP contribution < -0.4 is 0 Å². The van der Waals surface area contributed by atoms with Gasteiger partial charge in [0.05, 0.1) is 0 Å². The maximum absolute atomic E-state index is 13.0. The summed E-state index contributed by atoms with van der Waals surface area (Å²) in [6, 6.07) is 0. The number of allylic oxidation sites excluding steroid dienone is 8. The molecule has 0 spiro atoms. The Morgan fingerprint density at radius 2 is 2.00 bits per heavy atom. The van der Waals surface area contributed by atoms with Crippen molar-refractivity contribution in [2.75, 3.05) is 0 Å². The van der Waals surface area contributed by atoms with E-state index in [1.165, 1.54) is 6.08 Å². The molecule has 2 aliphatic rings. The smallest absolute Gasteiger partial charge is 0.129 e. The predicted octanol–water partition coefficient (Wildman–Crippen LogP) is 3.12. The van der Waals surface area contributed by atoms with E-state index in [1.807, 2.05) is 12.2 Å². The summed E-state index contributed by atoms with van der Waals surface area (Å²) in [5.41, 5.74) is 1.25. The van der Waals surface area contributed by atoms with Crippen LogP contribution in [0.1, 0.15) is 0 Å². The molecule has 0 atom stereocenters. The molecule has 1 heterocycles. The standard InChI is InChI=1S/C10H7FN/c11-9-5-3-4-8(9)10-6-1-2-7-12-10/h1-7H/q-1/b10-8-. The Morgan fingerprint density at radius 1 is 1.08 bits per heavy atom. The van der Waals surface area contributed by atoms with Crippen molar-refractivity contribution in [3.8, 4) is 0 Å². The average molecular weight is 160 g/mol. The summed E-state index contributed by atoms with van der Waals surface area (Å²) in [6.07, 6.45) is 11.9. The van der Waals surface area contributed by atoms with Crippen LogP contribution in [0.4, 0.5) is 4.39 Å². The molecular weight excluding hydrogens is 153 g/mol. The first-order valence-electron chi connectivity index (χ1n) is 3.70. The van der Waals surface area contributed by atoms with Gasteiger partial charge < -0.3 is 5.32 Å². The third-order valence-electron chi connectivity index (χ3n) is 1.70. The lowest BCUT2D eigenvalue weighted by molar-refractivity contribution is 0.660. The van der Waals surface area contributed by atoms with Crippen LogP contribution in [0.25, 0.3) is 5.32 Å². The van der Waals surface area contributed by atoms with Crippen LogP contribution in [0.5, 0.6) is 0 Å². The highest BCUT2D eigenvalue weighted by atomic mass is 19.1. The van der Waals surface area contributed by atoms with E-state index in [9.17, 15) is 4.39 Å². The molecule has 0 aromatic rings. The van der Waals surface area contributed by atoms with Crippen LogP contribution in [0, 0.1) is 0 Å². The highest BCUT2D eigenvalue weighted by molar-refractivity contribution is 5.56. The summed E-state index contributed by atoms with van der Waals surface area (Å²) >= 11 is 0. The van der Waals surface area contributed by atoms with Gasteiger partial charge in [-0.2, -0.15) is 6.20 Å². The third kappa shape index (κ3) is 1.11. The molecule has 1 aliphatic heterocycles. The van der Waals surface area contributed by atoms with Gasteiger partial charge in [-0.25, -0.2) is 4.39 Å². The van der Waals surface area contributed by atoms with E-state index in [4.69, 9.17) is 0 Å². The summed E-state index contributed by atoms with van der Waals surface area (Å²) in [6.45, 7) is 0. The average Bonchev–Trinajstić information content (AvgIpc) is 2.53. The van der Waals surface area contributed by atoms with Crippen LogP contribution in [0.3, 0.4) is 0 Å². The Balaban J connectivity index is 2.38. The first-order chi connectivity index (χ1) is 5.88. The molecule has 1 nitrogen and oxygen atoms in total. The molecule has 0 fully saturated rings. The van der Waals surface area contributed by atoms with Crippen LogP contribution in [0.2, 0.25) is 0 Å². The Labute approximate surface area is 70.3 Å². The Kier molecular flexibility index (Phi) is 1.67. The molecule has 0 amide bonds. The molecule has 0 aromatic carbocycles. The number of halogens is 1. The van der Waals surface area contributed by atoms with Gasteiger partial charge in [0, 0.05) is 0 Å². The van der Waals surface area contributed by atoms with Crippen LogP contribution in [-0.2, 0) is 0 Å². The van der Waals surface area contributed by atoms with Crippen molar-refractivity contribution in [1.82, 2.24) is 0 Å². The number of rotatable bonds is 0. The largest absolute Gasteiger partial charge is 0.664 e. The molecule has 0 saturated carbocycles. The Bertz CT molecular complexity index is 343. The minimum absolute atomic E-state index is 0.214. The van der Waals surface area contributed by atoms with Gasteiger partial charge in [-0.1, -0.05) is 30.4 Å². The van der Waals surface area contributed by atoms with Gasteiger partial charge in [-0.05, 0) is 11.6 Å². The number of hydrogen-bond donors (Lipinski definition) is 0. The second-order valence-corrected chi connectivity index (χ2v) is 2.50. The number of nitrogens with zero attached hydrogens (tertiary/aromatic N) is 1. The van der Waals surface area contributed by atoms with Crippen molar-refractivity contribution in [3.63, 3.8) is 0 Å². The van der Waals surface area contributed by atoms with Gasteiger partial charge in [-0.3, -0.25) is 0 Å². The number of hydrogen-bond acceptors (Lipinski definition) is 0. The molecule has 0 N–H and O–H groups in total. The van der Waals surface area contributed by atoms with Crippen molar-refractivity contribution >= 4 is 0 Å². The van der Waals surface area contributed by atoms with Crippen molar-refractivity contribution in [2.45, 2.75) is 0 Å². The lowest BCUT2D eigenvalue weighted by Crippen LogP contribution is -1.85. The quantitative estimate of drug-likeness (QED) is 0.517. The summed E-state index contributed by atoms with van der Waals surface area (Å²) in [4.78, 5) is 0. The van der Waals surface area contributed by atoms with Gasteiger partial charge in [0.25, 0.3) is 0 Å². The van der Waals surface area contributed by atoms with E-state index in [2.05, 4.69) is 5.32 Å². The van der Waals surface area contributed by atoms with Gasteiger partial charge in [0.15, 0.2) is 0 Å². The van der Waals surface area contributed by atoms with E-state index in [0.717, 1.165) is 0 Å². The van der Waals surface area contributed by atoms with Gasteiger partial charge in [0.1, 0.15) is 5.83 Å². The molecule has 2 heteroatoms. The van der Waals surface area contributed by atoms with E-state index in [1.54, 1.807) is 24.4 Å². The van der Waals surface area contributed by atoms with Gasteiger partial charge >= 0.3 is 0 Å². The maximum atomic E-state index is 13.0. The van der Waals surface area contributed by atoms with E-state index >= 15 is 0 Å². The van der Waals surface area contributed by atoms with E-state index in [0.29, 0.717) is 11.3 Å². The molecule has 60 valence electrons. The minimum Gasteiger partial charge on any atom is -0.664 e. The lowest BCUT2D eigenvalue weighted by Gasteiger charge is -2.22. The maximum Gasteiger partial charge on any atom is 0.129 e. The normalized spacial score (nSPS) is 25.9. The molecule has 0 saturated heterocycles. The van der Waals surface area contributed by atoms with E-state index in [-0.39, 0.29) is 5.83 Å². The summed E-state index contributed by atoms with van der Waals surface area (Å²) < 4.78 is 13.0. The Hall–Kier alpha value is -1.57. The summed E-state index contributed by atoms with van der Waals surface area (Å²) in [5.74, 6) is -0.214. The van der Waals surface area contributed by atoms with Crippen LogP contribution >= 0.6 is 0 Å². The minimum atomic E-state index is -0.214. The monoisotopic (exact) mass is 160 g/mol. The summed E-state index contributed by atoms with van der Waals surface area (Å²) in [5, 5.41) is 4.04. The molecule has 12 heavy (non-hydrogen) atoms. The first kappa shape index (κ1) is 7.10. The van der Waals surface area contributed by atoms with Crippen molar-refractivity contribution in [3.05, 3.63) is 65.1 Å². The van der Waals surface area contributed by atoms with Gasteiger partial charge in [-0.15, -0.1) is 5.70 Å². The van der Waals surface area contributed by atoms with Crippen LogP contribution in [-0.4, -0.2) is 0 Å². The Morgan fingerprint density at radius 3 is 2.58 bits per heavy atom. The van der Waals surface area contributed by atoms with Gasteiger partial charge in [0.2, 0.25) is 0 Å². The van der Waals surface area contributed by atoms with Crippen LogP contribution in [0.15, 0.2) is 59.8 Å². The van der Waals surface area contributed by atoms with Crippen molar-refractivity contribution < 1.29 is 4.39 Å². The lowest BCUT2D eigenvalue weighted by atomic mass is 10.2. The fourth-order valence-electron chi connectivity index (χ4n) is 1.13. The molecule has 1 aliphatic carbocycles. The topological polar surface area (TPSA) is 14.1 Å². The zero-order valence-electron chi connectivity index (χ0n) is 6.37. The fourth-order valence-corrected chi connectivity index (χ4v) is 1.13. The third-order valence-corrected chi connectivity index (χ3v) is 1.70. The molecule has 0 aromatic heterocycles. The molecule has 2 rings (SSSR count). The predicted molar refractivity (Wildman–Crippen MR) is 47.0 cm³/mol. The van der Waals surface area contributed by atoms with E-state index < -0.39 is 0 Å².